The molecule has 0 radical (unpaired) electrons. The van der Waals surface area contributed by atoms with Crippen molar-refractivity contribution in [2.75, 3.05) is 6.54 Å². The number of hydrogen-bond donors (Lipinski definition) is 3. The van der Waals surface area contributed by atoms with Gasteiger partial charge in [0.1, 0.15) is 15.8 Å². The first-order valence-electron chi connectivity index (χ1n) is 15.5. The number of halogens is 2. The molecule has 0 aliphatic carbocycles. The van der Waals surface area contributed by atoms with Gasteiger partial charge in [0.05, 0.1) is 11.4 Å². The topological polar surface area (TPSA) is 130 Å². The van der Waals surface area contributed by atoms with Crippen LogP contribution in [-0.4, -0.2) is 58.2 Å². The van der Waals surface area contributed by atoms with Crippen molar-refractivity contribution < 1.29 is 9.53 Å². The van der Waals surface area contributed by atoms with E-state index in [1.807, 2.05) is 70.2 Å². The highest BCUT2D eigenvalue weighted by atomic mass is 35.5. The second-order valence-electron chi connectivity index (χ2n) is 13.0. The molecule has 6 aromatic rings. The lowest BCUT2D eigenvalue weighted by Gasteiger charge is -2.17. The van der Waals surface area contributed by atoms with Gasteiger partial charge in [0, 0.05) is 23.4 Å². The number of fused-ring (bicyclic) bond motifs is 2. The summed E-state index contributed by atoms with van der Waals surface area (Å²) in [6.07, 6.45) is -0.597. The van der Waals surface area contributed by atoms with Crippen LogP contribution in [0.1, 0.15) is 74.4 Å². The molecule has 1 amide bonds. The molecule has 0 fully saturated rings. The summed E-state index contributed by atoms with van der Waals surface area (Å²) in [5.41, 5.74) is 7.33. The van der Waals surface area contributed by atoms with Crippen LogP contribution in [0.5, 0.6) is 5.75 Å². The monoisotopic (exact) mass is 677 g/mol. The van der Waals surface area contributed by atoms with E-state index in [1.165, 1.54) is 5.56 Å². The second kappa shape index (κ2) is 13.4. The van der Waals surface area contributed by atoms with E-state index >= 15 is 0 Å². The Bertz CT molecular complexity index is 2030. The quantitative estimate of drug-likeness (QED) is 0.162. The zero-order valence-corrected chi connectivity index (χ0v) is 29.7. The molecular formula is C34H41Cl2N9O2. The van der Waals surface area contributed by atoms with Gasteiger partial charge in [-0.15, -0.1) is 10.2 Å². The highest BCUT2D eigenvalue weighted by molar-refractivity contribution is 6.34. The zero-order chi connectivity index (χ0) is 34.2. The van der Waals surface area contributed by atoms with Crippen molar-refractivity contribution in [3.05, 3.63) is 86.4 Å². The van der Waals surface area contributed by atoms with Crippen molar-refractivity contribution in [2.24, 2.45) is 0 Å². The molecule has 2 unspecified atom stereocenters. The van der Waals surface area contributed by atoms with Crippen molar-refractivity contribution in [1.82, 2.24) is 44.9 Å². The molecule has 0 aliphatic heterocycles. The highest BCUT2D eigenvalue weighted by Gasteiger charge is 2.24. The van der Waals surface area contributed by atoms with Crippen LogP contribution >= 0.6 is 23.2 Å². The molecule has 47 heavy (non-hydrogen) atoms. The van der Waals surface area contributed by atoms with Crippen molar-refractivity contribution in [3.8, 4) is 17.1 Å². The van der Waals surface area contributed by atoms with E-state index in [-0.39, 0.29) is 17.2 Å². The van der Waals surface area contributed by atoms with Gasteiger partial charge in [-0.2, -0.15) is 9.26 Å². The third-order valence-electron chi connectivity index (χ3n) is 7.75. The number of hydrogen-bond acceptors (Lipinski definition) is 6. The fourth-order valence-electron chi connectivity index (χ4n) is 4.92. The Morgan fingerprint density at radius 1 is 0.894 bits per heavy atom. The average Bonchev–Trinajstić information content (AvgIpc) is 3.76. The molecule has 6 rings (SSSR count). The van der Waals surface area contributed by atoms with Crippen LogP contribution in [-0.2, 0) is 10.2 Å². The zero-order valence-electron chi connectivity index (χ0n) is 28.2. The number of rotatable bonds is 7. The number of ether oxygens (including phenoxy) is 1. The minimum Gasteiger partial charge on any atom is -0.481 e. The normalized spacial score (nSPS) is 13.0. The summed E-state index contributed by atoms with van der Waals surface area (Å²) in [4.78, 5) is 21.4. The molecule has 4 heterocycles. The summed E-state index contributed by atoms with van der Waals surface area (Å²) in [6.45, 7) is 18.3. The Balaban J connectivity index is 0.000000193. The summed E-state index contributed by atoms with van der Waals surface area (Å²) in [5, 5.41) is 19.2. The van der Waals surface area contributed by atoms with Crippen molar-refractivity contribution in [3.63, 3.8) is 0 Å². The van der Waals surface area contributed by atoms with E-state index in [0.29, 0.717) is 45.3 Å². The molecular weight excluding hydrogens is 637 g/mol. The summed E-state index contributed by atoms with van der Waals surface area (Å²) in [7, 11) is 0. The van der Waals surface area contributed by atoms with Crippen molar-refractivity contribution >= 4 is 40.4 Å². The maximum atomic E-state index is 12.4. The molecule has 0 aliphatic rings. The Labute approximate surface area is 284 Å². The third kappa shape index (κ3) is 7.47. The molecule has 0 saturated carbocycles. The predicted molar refractivity (Wildman–Crippen MR) is 186 cm³/mol. The summed E-state index contributed by atoms with van der Waals surface area (Å²) in [5.74, 6) is 1.77. The minimum absolute atomic E-state index is 0.0630. The second-order valence-corrected chi connectivity index (χ2v) is 13.8. The van der Waals surface area contributed by atoms with Crippen LogP contribution in [0.4, 0.5) is 0 Å². The predicted octanol–water partition coefficient (Wildman–Crippen LogP) is 7.31. The van der Waals surface area contributed by atoms with E-state index in [4.69, 9.17) is 27.9 Å². The van der Waals surface area contributed by atoms with Crippen LogP contribution in [0, 0.1) is 27.7 Å². The lowest BCUT2D eigenvalue weighted by molar-refractivity contribution is -0.127. The van der Waals surface area contributed by atoms with Crippen LogP contribution in [0.3, 0.4) is 0 Å². The number of nitrogens with one attached hydrogen (secondary N) is 3. The SMILES string of the molecule is Cc1ccc(-c2nc3c(Cl)c(C(C)(C)C)[nH]n3n2)cc1.Cc1ccc(OC(C)C(=O)NCC(C)c2nc3c(Cl)c(C)[nH]n3n2)c(C)c1. The maximum absolute atomic E-state index is 12.4. The smallest absolute Gasteiger partial charge is 0.260 e. The summed E-state index contributed by atoms with van der Waals surface area (Å²) in [6, 6.07) is 14.0. The van der Waals surface area contributed by atoms with Gasteiger partial charge in [0.25, 0.3) is 5.91 Å². The molecule has 248 valence electrons. The van der Waals surface area contributed by atoms with Gasteiger partial charge in [-0.3, -0.25) is 15.0 Å². The standard InChI is InChI=1S/C19H24ClN5O2.C15H17ClN4/c1-10-6-7-15(11(2)8-10)27-14(5)19(26)21-9-12(3)17-22-18-16(20)13(4)23-25(18)24-17;1-9-5-7-10(8-6-9)13-17-14-11(16)12(15(2,3)4)18-20(14)19-13/h6-8,12,14,23H,9H2,1-5H3,(H,21,26);5-8,18H,1-4H3. The van der Waals surface area contributed by atoms with E-state index in [1.54, 1.807) is 16.2 Å². The molecule has 2 aromatic carbocycles. The molecule has 0 saturated heterocycles. The van der Waals surface area contributed by atoms with E-state index < -0.39 is 6.10 Å². The molecule has 0 spiro atoms. The van der Waals surface area contributed by atoms with Gasteiger partial charge < -0.3 is 10.1 Å². The van der Waals surface area contributed by atoms with Gasteiger partial charge >= 0.3 is 0 Å². The molecule has 2 atom stereocenters. The average molecular weight is 679 g/mol. The fourth-order valence-corrected chi connectivity index (χ4v) is 5.53. The summed E-state index contributed by atoms with van der Waals surface area (Å²) >= 11 is 12.6. The lowest BCUT2D eigenvalue weighted by atomic mass is 9.92. The molecule has 0 bridgehead atoms. The van der Waals surface area contributed by atoms with Crippen LogP contribution < -0.4 is 10.1 Å². The van der Waals surface area contributed by atoms with Gasteiger partial charge in [0.2, 0.25) is 0 Å². The number of carbonyl (C=O) groups excluding carboxylic acids is 1. The Morgan fingerprint density at radius 3 is 2.15 bits per heavy atom. The number of carbonyl (C=O) groups is 1. The number of nitrogens with zero attached hydrogens (tertiary/aromatic N) is 6. The number of aromatic nitrogens is 8. The molecule has 11 nitrogen and oxygen atoms in total. The van der Waals surface area contributed by atoms with E-state index in [9.17, 15) is 4.79 Å². The first kappa shape index (κ1) is 34.0. The van der Waals surface area contributed by atoms with Crippen LogP contribution in [0.25, 0.3) is 22.7 Å². The number of aromatic amines is 2. The molecule has 4 aromatic heterocycles. The Hall–Kier alpha value is -4.35. The Kier molecular flexibility index (Phi) is 9.70. The first-order chi connectivity index (χ1) is 22.1. The van der Waals surface area contributed by atoms with Crippen molar-refractivity contribution in [2.45, 2.75) is 79.8 Å². The maximum Gasteiger partial charge on any atom is 0.260 e. The van der Waals surface area contributed by atoms with Gasteiger partial charge in [-0.25, -0.2) is 9.97 Å². The minimum atomic E-state index is -0.597. The van der Waals surface area contributed by atoms with E-state index in [0.717, 1.165) is 28.1 Å². The summed E-state index contributed by atoms with van der Waals surface area (Å²) < 4.78 is 9.00. The van der Waals surface area contributed by atoms with Gasteiger partial charge in [0.15, 0.2) is 29.0 Å². The number of aryl methyl sites for hydroxylation is 4. The molecule has 13 heteroatoms. The van der Waals surface area contributed by atoms with Gasteiger partial charge in [-0.1, -0.05) is 98.4 Å². The fraction of sp³-hybridized carbons (Fsp3) is 0.382. The number of amides is 1. The third-order valence-corrected chi connectivity index (χ3v) is 8.56. The largest absolute Gasteiger partial charge is 0.481 e. The lowest BCUT2D eigenvalue weighted by Crippen LogP contribution is -2.38. The highest BCUT2D eigenvalue weighted by Crippen LogP contribution is 2.32. The Morgan fingerprint density at radius 2 is 1.53 bits per heavy atom. The van der Waals surface area contributed by atoms with Crippen molar-refractivity contribution in [1.29, 1.82) is 0 Å². The number of benzene rings is 2. The first-order valence-corrected chi connectivity index (χ1v) is 16.2. The van der Waals surface area contributed by atoms with Crippen LogP contribution in [0.15, 0.2) is 42.5 Å². The molecule has 3 N–H and O–H groups in total. The van der Waals surface area contributed by atoms with Gasteiger partial charge in [-0.05, 0) is 46.2 Å². The van der Waals surface area contributed by atoms with E-state index in [2.05, 4.69) is 63.4 Å². The van der Waals surface area contributed by atoms with Crippen LogP contribution in [0.2, 0.25) is 10.0 Å². The number of H-pyrrole nitrogens is 2.